The minimum absolute atomic E-state index is 0.0612. The summed E-state index contributed by atoms with van der Waals surface area (Å²) >= 11 is 0. The average molecular weight is 761 g/mol. The normalized spacial score (nSPS) is 12.7. The van der Waals surface area contributed by atoms with Crippen molar-refractivity contribution >= 4 is 23.9 Å². The predicted molar refractivity (Wildman–Crippen MR) is 214 cm³/mol. The lowest BCUT2D eigenvalue weighted by molar-refractivity contribution is -0.155. The van der Waals surface area contributed by atoms with Gasteiger partial charge in [0.25, 0.3) is 0 Å². The molecule has 0 N–H and O–H groups in total. The van der Waals surface area contributed by atoms with Gasteiger partial charge in [-0.05, 0) is 72.9 Å². The molecule has 0 aliphatic rings. The minimum atomic E-state index is -0.882. The molecule has 2 aromatic rings. The van der Waals surface area contributed by atoms with Gasteiger partial charge in [-0.1, -0.05) is 106 Å². The van der Waals surface area contributed by atoms with Crippen LogP contribution in [0.3, 0.4) is 0 Å². The molecule has 0 spiro atoms. The van der Waals surface area contributed by atoms with Crippen molar-refractivity contribution in [3.05, 3.63) is 107 Å². The molecule has 10 heteroatoms. The van der Waals surface area contributed by atoms with E-state index in [0.717, 1.165) is 22.3 Å². The molecule has 0 radical (unpaired) electrons. The summed E-state index contributed by atoms with van der Waals surface area (Å²) < 4.78 is 34.2. The van der Waals surface area contributed by atoms with Gasteiger partial charge in [-0.15, -0.1) is 0 Å². The van der Waals surface area contributed by atoms with Crippen LogP contribution < -0.4 is 9.47 Å². The quantitative estimate of drug-likeness (QED) is 0.0829. The molecule has 0 bridgehead atoms. The summed E-state index contributed by atoms with van der Waals surface area (Å²) in [7, 11) is 0. The van der Waals surface area contributed by atoms with E-state index in [4.69, 9.17) is 28.4 Å². The van der Waals surface area contributed by atoms with E-state index in [1.54, 1.807) is 0 Å². The molecular formula is C45H60O10. The zero-order valence-electron chi connectivity index (χ0n) is 34.9. The highest BCUT2D eigenvalue weighted by atomic mass is 16.6. The summed E-state index contributed by atoms with van der Waals surface area (Å²) in [6.07, 6.45) is -1.76. The first-order valence-electron chi connectivity index (χ1n) is 18.2. The van der Waals surface area contributed by atoms with Gasteiger partial charge in [-0.3, -0.25) is 0 Å². The van der Waals surface area contributed by atoms with Crippen molar-refractivity contribution in [1.29, 1.82) is 0 Å². The van der Waals surface area contributed by atoms with Gasteiger partial charge in [0, 0.05) is 27.7 Å². The van der Waals surface area contributed by atoms with E-state index in [1.807, 2.05) is 24.3 Å². The van der Waals surface area contributed by atoms with Crippen LogP contribution in [0.15, 0.2) is 85.0 Å². The minimum Gasteiger partial charge on any atom is -0.489 e. The Balaban J connectivity index is 2.47. The molecular weight excluding hydrogens is 700 g/mol. The molecule has 2 rings (SSSR count). The van der Waals surface area contributed by atoms with E-state index in [0.29, 0.717) is 11.5 Å². The van der Waals surface area contributed by atoms with Crippen LogP contribution in [0, 0.1) is 0 Å². The lowest BCUT2D eigenvalue weighted by atomic mass is 9.73. The number of hydrogen-bond acceptors (Lipinski definition) is 10. The van der Waals surface area contributed by atoms with Gasteiger partial charge in [0.05, 0.1) is 0 Å². The van der Waals surface area contributed by atoms with Gasteiger partial charge in [0.15, 0.2) is 12.2 Å². The highest BCUT2D eigenvalue weighted by Crippen LogP contribution is 2.41. The van der Waals surface area contributed by atoms with E-state index >= 15 is 0 Å². The van der Waals surface area contributed by atoms with Crippen molar-refractivity contribution in [1.82, 2.24) is 0 Å². The van der Waals surface area contributed by atoms with Gasteiger partial charge in [0.2, 0.25) is 0 Å². The Morgan fingerprint density at radius 2 is 0.818 bits per heavy atom. The van der Waals surface area contributed by atoms with Crippen molar-refractivity contribution in [2.45, 2.75) is 112 Å². The number of carbonyl (C=O) groups excluding carboxylic acids is 4. The first-order valence-corrected chi connectivity index (χ1v) is 18.2. The lowest BCUT2D eigenvalue weighted by Crippen LogP contribution is -2.32. The van der Waals surface area contributed by atoms with Gasteiger partial charge in [-0.25, -0.2) is 19.2 Å². The van der Waals surface area contributed by atoms with E-state index < -0.39 is 41.5 Å². The van der Waals surface area contributed by atoms with Crippen LogP contribution in [0.1, 0.15) is 105 Å². The van der Waals surface area contributed by atoms with Crippen LogP contribution in [-0.2, 0) is 54.4 Å². The van der Waals surface area contributed by atoms with E-state index in [-0.39, 0.29) is 59.5 Å². The molecule has 0 aliphatic heterocycles. The number of rotatable bonds is 18. The van der Waals surface area contributed by atoms with Crippen LogP contribution >= 0.6 is 0 Å². The fraction of sp³-hybridized carbons (Fsp3) is 0.467. The van der Waals surface area contributed by atoms with Gasteiger partial charge < -0.3 is 28.4 Å². The monoisotopic (exact) mass is 760 g/mol. The van der Waals surface area contributed by atoms with Crippen molar-refractivity contribution in [2.24, 2.45) is 0 Å². The van der Waals surface area contributed by atoms with E-state index in [1.165, 1.54) is 27.7 Å². The molecule has 2 unspecified atom stereocenters. The molecule has 0 heterocycles. The van der Waals surface area contributed by atoms with Crippen LogP contribution in [-0.4, -0.2) is 62.5 Å². The first-order chi connectivity index (χ1) is 25.2. The summed E-state index contributed by atoms with van der Waals surface area (Å²) in [5.74, 6) is -1.22. The van der Waals surface area contributed by atoms with Crippen molar-refractivity contribution in [3.8, 4) is 11.5 Å². The summed E-state index contributed by atoms with van der Waals surface area (Å²) in [6, 6.07) is 12.1. The SMILES string of the molecule is C=C(C)C(=O)OCC(COc1ccc(C(C)(C)c2ccc(OCC(COC(=O)C(=C)C)OC(=O)C(=C)C)c(C(C)(C)C)c2)cc1C(C)(C)C)OC(=O)C(=C)C. The van der Waals surface area contributed by atoms with Crippen molar-refractivity contribution < 1.29 is 47.6 Å². The van der Waals surface area contributed by atoms with Gasteiger partial charge >= 0.3 is 23.9 Å². The molecule has 0 aromatic heterocycles. The smallest absolute Gasteiger partial charge is 0.333 e. The fourth-order valence-electron chi connectivity index (χ4n) is 5.11. The van der Waals surface area contributed by atoms with Crippen molar-refractivity contribution in [2.75, 3.05) is 26.4 Å². The maximum Gasteiger partial charge on any atom is 0.333 e. The highest BCUT2D eigenvalue weighted by Gasteiger charge is 2.31. The van der Waals surface area contributed by atoms with Crippen LogP contribution in [0.5, 0.6) is 11.5 Å². The Bertz CT molecular complexity index is 1670. The maximum absolute atomic E-state index is 12.4. The van der Waals surface area contributed by atoms with Gasteiger partial charge in [-0.2, -0.15) is 0 Å². The third-order valence-corrected chi connectivity index (χ3v) is 8.61. The zero-order chi connectivity index (χ0) is 42.1. The second-order valence-electron chi connectivity index (χ2n) is 16.5. The molecule has 300 valence electrons. The first kappa shape index (κ1) is 46.0. The Morgan fingerprint density at radius 1 is 0.509 bits per heavy atom. The topological polar surface area (TPSA) is 124 Å². The summed E-state index contributed by atoms with van der Waals surface area (Å²) in [4.78, 5) is 48.9. The van der Waals surface area contributed by atoms with Crippen molar-refractivity contribution in [3.63, 3.8) is 0 Å². The molecule has 0 saturated carbocycles. The molecule has 0 aliphatic carbocycles. The summed E-state index contributed by atoms with van der Waals surface area (Å²) in [5.41, 5.74) is 3.64. The molecule has 2 aromatic carbocycles. The molecule has 10 nitrogen and oxygen atoms in total. The molecule has 0 amide bonds. The molecule has 55 heavy (non-hydrogen) atoms. The third-order valence-electron chi connectivity index (χ3n) is 8.61. The number of ether oxygens (including phenoxy) is 6. The Kier molecular flexibility index (Phi) is 15.9. The van der Waals surface area contributed by atoms with Gasteiger partial charge in [0.1, 0.15) is 37.9 Å². The highest BCUT2D eigenvalue weighted by molar-refractivity contribution is 5.88. The largest absolute Gasteiger partial charge is 0.489 e. The Hall–Kier alpha value is -5.12. The molecule has 2 atom stereocenters. The van der Waals surface area contributed by atoms with E-state index in [9.17, 15) is 19.2 Å². The van der Waals surface area contributed by atoms with Crippen LogP contribution in [0.25, 0.3) is 0 Å². The number of carbonyl (C=O) groups is 4. The second-order valence-corrected chi connectivity index (χ2v) is 16.5. The number of benzene rings is 2. The Labute approximate surface area is 327 Å². The lowest BCUT2D eigenvalue weighted by Gasteiger charge is -2.32. The standard InChI is InChI=1S/C45H60O10/c1-27(2)39(46)52-25-33(54-41(48)29(5)6)23-50-37-19-17-31(21-35(37)43(9,10)11)45(15,16)32-18-20-38(36(22-32)44(12,13)14)51-24-34(55-42(49)30(7)8)26-53-40(47)28(3)4/h17-22,33-34H,1,3,5,7,23-26H2,2,4,6,8-16H3. The fourth-order valence-corrected chi connectivity index (χ4v) is 5.11. The molecule has 0 fully saturated rings. The summed E-state index contributed by atoms with van der Waals surface area (Å²) in [6.45, 7) is 36.9. The number of hydrogen-bond donors (Lipinski definition) is 0. The van der Waals surface area contributed by atoms with E-state index in [2.05, 4.69) is 93.8 Å². The predicted octanol–water partition coefficient (Wildman–Crippen LogP) is 8.58. The number of esters is 4. The average Bonchev–Trinajstić information content (AvgIpc) is 3.08. The third kappa shape index (κ3) is 13.6. The Morgan fingerprint density at radius 3 is 1.09 bits per heavy atom. The maximum atomic E-state index is 12.4. The van der Waals surface area contributed by atoms with Crippen LogP contribution in [0.4, 0.5) is 0 Å². The van der Waals surface area contributed by atoms with Crippen LogP contribution in [0.2, 0.25) is 0 Å². The zero-order valence-corrected chi connectivity index (χ0v) is 34.9. The summed E-state index contributed by atoms with van der Waals surface area (Å²) in [5, 5.41) is 0. The second kappa shape index (κ2) is 19.0. The molecule has 0 saturated heterocycles.